The van der Waals surface area contributed by atoms with Crippen LogP contribution in [0.4, 0.5) is 0 Å². The van der Waals surface area contributed by atoms with E-state index >= 15 is 0 Å². The Kier molecular flexibility index (Phi) is 6.65. The van der Waals surface area contributed by atoms with Gasteiger partial charge in [0.15, 0.2) is 0 Å². The number of hydrogen-bond acceptors (Lipinski definition) is 2. The molecule has 1 heterocycles. The van der Waals surface area contributed by atoms with Gasteiger partial charge in [0, 0.05) is 0 Å². The third-order valence-electron chi connectivity index (χ3n) is 1.25. The second-order valence-corrected chi connectivity index (χ2v) is 5.06. The summed E-state index contributed by atoms with van der Waals surface area (Å²) in [7, 11) is 0. The van der Waals surface area contributed by atoms with Crippen LogP contribution in [0, 0.1) is 10.5 Å². The minimum atomic E-state index is 0. The summed E-state index contributed by atoms with van der Waals surface area (Å²) >= 11 is 4.10. The molecule has 1 rings (SSSR count). The Hall–Kier alpha value is 1.30. The predicted octanol–water partition coefficient (Wildman–Crippen LogP) is 0.00599. The SMILES string of the molecule is CC(C)[C-]1SCCCS1.[Li+]. The first-order chi connectivity index (χ1) is 4.30. The molecule has 0 radical (unpaired) electrons. The summed E-state index contributed by atoms with van der Waals surface area (Å²) in [6.45, 7) is 4.56. The fourth-order valence-electron chi connectivity index (χ4n) is 0.779. The van der Waals surface area contributed by atoms with Crippen molar-refractivity contribution in [2.45, 2.75) is 20.3 Å². The summed E-state index contributed by atoms with van der Waals surface area (Å²) < 4.78 is 1.64. The first-order valence-corrected chi connectivity index (χ1v) is 5.40. The van der Waals surface area contributed by atoms with Gasteiger partial charge in [-0.05, 0) is 17.9 Å². The van der Waals surface area contributed by atoms with Crippen LogP contribution in [0.15, 0.2) is 0 Å². The van der Waals surface area contributed by atoms with Crippen LogP contribution in [-0.2, 0) is 0 Å². The molecule has 3 heteroatoms. The third kappa shape index (κ3) is 3.62. The van der Waals surface area contributed by atoms with Gasteiger partial charge in [0.25, 0.3) is 0 Å². The van der Waals surface area contributed by atoms with Crippen molar-refractivity contribution in [1.29, 1.82) is 0 Å². The maximum absolute atomic E-state index is 2.28. The molecule has 0 spiro atoms. The van der Waals surface area contributed by atoms with Gasteiger partial charge in [0.05, 0.1) is 0 Å². The van der Waals surface area contributed by atoms with E-state index in [0.717, 1.165) is 5.92 Å². The summed E-state index contributed by atoms with van der Waals surface area (Å²) in [5.41, 5.74) is 0. The van der Waals surface area contributed by atoms with Crippen LogP contribution >= 0.6 is 23.5 Å². The van der Waals surface area contributed by atoms with E-state index in [-0.39, 0.29) is 18.9 Å². The zero-order valence-corrected chi connectivity index (χ0v) is 8.65. The predicted molar refractivity (Wildman–Crippen MR) is 47.6 cm³/mol. The Morgan fingerprint density at radius 3 is 2.00 bits per heavy atom. The molecule has 1 aliphatic rings. The van der Waals surface area contributed by atoms with Crippen LogP contribution in [0.1, 0.15) is 20.3 Å². The van der Waals surface area contributed by atoms with Gasteiger partial charge in [-0.15, -0.1) is 0 Å². The van der Waals surface area contributed by atoms with Crippen molar-refractivity contribution in [2.75, 3.05) is 11.5 Å². The van der Waals surface area contributed by atoms with Crippen molar-refractivity contribution in [3.05, 3.63) is 4.58 Å². The van der Waals surface area contributed by atoms with E-state index in [1.54, 1.807) is 4.58 Å². The minimum absolute atomic E-state index is 0. The Bertz CT molecular complexity index is 79.7. The molecule has 0 N–H and O–H groups in total. The van der Waals surface area contributed by atoms with Crippen molar-refractivity contribution >= 4 is 23.5 Å². The van der Waals surface area contributed by atoms with Crippen LogP contribution in [0.5, 0.6) is 0 Å². The van der Waals surface area contributed by atoms with Gasteiger partial charge in [-0.25, -0.2) is 4.58 Å². The molecule has 0 aromatic carbocycles. The quantitative estimate of drug-likeness (QED) is 0.399. The molecular weight excluding hydrogens is 155 g/mol. The molecule has 0 aromatic rings. The zero-order chi connectivity index (χ0) is 6.69. The molecule has 54 valence electrons. The molecule has 1 aliphatic heterocycles. The van der Waals surface area contributed by atoms with Gasteiger partial charge < -0.3 is 23.5 Å². The number of hydrogen-bond donors (Lipinski definition) is 0. The molecular formula is C7H13LiS2. The molecule has 0 unspecified atom stereocenters. The van der Waals surface area contributed by atoms with Crippen LogP contribution < -0.4 is 18.9 Å². The van der Waals surface area contributed by atoms with Gasteiger partial charge in [0.1, 0.15) is 0 Å². The van der Waals surface area contributed by atoms with Gasteiger partial charge in [-0.2, -0.15) is 5.92 Å². The van der Waals surface area contributed by atoms with Crippen molar-refractivity contribution in [3.8, 4) is 0 Å². The van der Waals surface area contributed by atoms with E-state index in [4.69, 9.17) is 0 Å². The number of thioether (sulfide) groups is 2. The summed E-state index contributed by atoms with van der Waals surface area (Å²) in [5, 5.41) is 0. The smallest absolute Gasteiger partial charge is 0.337 e. The van der Waals surface area contributed by atoms with Crippen molar-refractivity contribution in [1.82, 2.24) is 0 Å². The molecule has 0 amide bonds. The van der Waals surface area contributed by atoms with Crippen LogP contribution in [0.3, 0.4) is 0 Å². The molecule has 1 fully saturated rings. The largest absolute Gasteiger partial charge is 1.00 e. The molecule has 0 nitrogen and oxygen atoms in total. The molecule has 10 heavy (non-hydrogen) atoms. The Morgan fingerprint density at radius 1 is 1.20 bits per heavy atom. The van der Waals surface area contributed by atoms with Crippen molar-refractivity contribution in [2.24, 2.45) is 5.92 Å². The second kappa shape index (κ2) is 5.89. The monoisotopic (exact) mass is 168 g/mol. The van der Waals surface area contributed by atoms with E-state index in [0.29, 0.717) is 0 Å². The average molecular weight is 168 g/mol. The van der Waals surface area contributed by atoms with Gasteiger partial charge >= 0.3 is 18.9 Å². The topological polar surface area (TPSA) is 0 Å². The maximum atomic E-state index is 2.28. The molecule has 0 atom stereocenters. The van der Waals surface area contributed by atoms with Gasteiger partial charge in [0.2, 0.25) is 0 Å². The Labute approximate surface area is 84.5 Å². The van der Waals surface area contributed by atoms with E-state index in [9.17, 15) is 0 Å². The Morgan fingerprint density at radius 2 is 1.70 bits per heavy atom. The van der Waals surface area contributed by atoms with Gasteiger partial charge in [-0.3, -0.25) is 0 Å². The van der Waals surface area contributed by atoms with Gasteiger partial charge in [-0.1, -0.05) is 13.8 Å². The van der Waals surface area contributed by atoms with E-state index in [1.165, 1.54) is 17.9 Å². The minimum Gasteiger partial charge on any atom is -0.337 e. The first-order valence-electron chi connectivity index (χ1n) is 3.43. The zero-order valence-electron chi connectivity index (χ0n) is 7.02. The van der Waals surface area contributed by atoms with E-state index < -0.39 is 0 Å². The third-order valence-corrected chi connectivity index (χ3v) is 4.45. The van der Waals surface area contributed by atoms with E-state index in [2.05, 4.69) is 37.4 Å². The molecule has 0 saturated carbocycles. The van der Waals surface area contributed by atoms with Crippen LogP contribution in [0.25, 0.3) is 0 Å². The summed E-state index contributed by atoms with van der Waals surface area (Å²) in [5.74, 6) is 3.47. The second-order valence-electron chi connectivity index (χ2n) is 2.52. The van der Waals surface area contributed by atoms with E-state index in [1.807, 2.05) is 0 Å². The van der Waals surface area contributed by atoms with Crippen molar-refractivity contribution in [3.63, 3.8) is 0 Å². The molecule has 0 bridgehead atoms. The fraction of sp³-hybridized carbons (Fsp3) is 0.857. The van der Waals surface area contributed by atoms with Crippen LogP contribution in [0.2, 0.25) is 0 Å². The summed E-state index contributed by atoms with van der Waals surface area (Å²) in [6, 6.07) is 0. The Balaban J connectivity index is 0.000000810. The molecule has 1 saturated heterocycles. The summed E-state index contributed by atoms with van der Waals surface area (Å²) in [4.78, 5) is 0. The standard InChI is InChI=1S/C7H13S2.Li/c1-6(2)7-8-4-3-5-9-7;/h6H,3-5H2,1-2H3;/q-1;+1. The molecule has 0 aliphatic carbocycles. The first kappa shape index (κ1) is 11.3. The average Bonchev–Trinajstić information content (AvgIpc) is 1.90. The summed E-state index contributed by atoms with van der Waals surface area (Å²) in [6.07, 6.45) is 1.39. The normalized spacial score (nSPS) is 20.7. The maximum Gasteiger partial charge on any atom is 1.00 e. The van der Waals surface area contributed by atoms with Crippen molar-refractivity contribution < 1.29 is 18.9 Å². The van der Waals surface area contributed by atoms with Crippen LogP contribution in [-0.4, -0.2) is 11.5 Å². The fourth-order valence-corrected chi connectivity index (χ4v) is 3.44. The number of rotatable bonds is 1. The molecule has 0 aromatic heterocycles.